The maximum Gasteiger partial charge on any atom is 0.416 e. The number of amides is 1. The number of nitrogens with zero attached hydrogens (tertiary/aromatic N) is 1. The van der Waals surface area contributed by atoms with Crippen LogP contribution in [0.3, 0.4) is 0 Å². The van der Waals surface area contributed by atoms with Crippen molar-refractivity contribution in [3.8, 4) is 5.75 Å². The molecule has 116 valence electrons. The molecule has 1 amide bonds. The molecule has 1 saturated heterocycles. The third kappa shape index (κ3) is 3.80. The lowest BCUT2D eigenvalue weighted by molar-refractivity contribution is -0.137. The van der Waals surface area contributed by atoms with Crippen molar-refractivity contribution in [3.63, 3.8) is 0 Å². The Labute approximate surface area is 120 Å². The van der Waals surface area contributed by atoms with Crippen molar-refractivity contribution in [1.29, 1.82) is 0 Å². The van der Waals surface area contributed by atoms with Crippen LogP contribution in [-0.2, 0) is 6.18 Å². The van der Waals surface area contributed by atoms with Gasteiger partial charge < -0.3 is 14.7 Å². The number of alkyl halides is 3. The molecule has 0 bridgehead atoms. The first-order valence-corrected chi connectivity index (χ1v) is 6.60. The van der Waals surface area contributed by atoms with Crippen molar-refractivity contribution < 1.29 is 27.8 Å². The van der Waals surface area contributed by atoms with Crippen molar-refractivity contribution in [2.75, 3.05) is 13.1 Å². The van der Waals surface area contributed by atoms with E-state index >= 15 is 0 Å². The fourth-order valence-electron chi connectivity index (χ4n) is 2.30. The van der Waals surface area contributed by atoms with Gasteiger partial charge in [-0.05, 0) is 30.7 Å². The molecule has 1 aromatic rings. The van der Waals surface area contributed by atoms with E-state index in [0.29, 0.717) is 37.2 Å². The van der Waals surface area contributed by atoms with Crippen molar-refractivity contribution >= 4 is 6.09 Å². The van der Waals surface area contributed by atoms with E-state index in [4.69, 9.17) is 9.84 Å². The summed E-state index contributed by atoms with van der Waals surface area (Å²) >= 11 is 0. The summed E-state index contributed by atoms with van der Waals surface area (Å²) in [4.78, 5) is 12.1. The van der Waals surface area contributed by atoms with Gasteiger partial charge in [-0.25, -0.2) is 4.79 Å². The van der Waals surface area contributed by atoms with Crippen LogP contribution in [0.15, 0.2) is 18.2 Å². The third-order valence-corrected chi connectivity index (χ3v) is 3.51. The Bertz CT molecular complexity index is 523. The number of aryl methyl sites for hydroxylation is 1. The van der Waals surface area contributed by atoms with E-state index in [1.54, 1.807) is 6.92 Å². The average Bonchev–Trinajstić information content (AvgIpc) is 2.40. The zero-order valence-electron chi connectivity index (χ0n) is 11.5. The molecule has 1 fully saturated rings. The summed E-state index contributed by atoms with van der Waals surface area (Å²) in [7, 11) is 0. The van der Waals surface area contributed by atoms with E-state index in [-0.39, 0.29) is 6.10 Å². The molecule has 7 heteroatoms. The zero-order valence-corrected chi connectivity index (χ0v) is 11.5. The monoisotopic (exact) mass is 303 g/mol. The second-order valence-corrected chi connectivity index (χ2v) is 5.06. The van der Waals surface area contributed by atoms with Gasteiger partial charge in [-0.15, -0.1) is 0 Å². The topological polar surface area (TPSA) is 49.8 Å². The molecule has 1 N–H and O–H groups in total. The van der Waals surface area contributed by atoms with Crippen LogP contribution in [0, 0.1) is 6.92 Å². The predicted octanol–water partition coefficient (Wildman–Crippen LogP) is 3.54. The second kappa shape index (κ2) is 5.83. The molecular weight excluding hydrogens is 287 g/mol. The number of carboxylic acid groups (broad SMARTS) is 1. The average molecular weight is 303 g/mol. The van der Waals surface area contributed by atoms with Crippen LogP contribution < -0.4 is 4.74 Å². The van der Waals surface area contributed by atoms with E-state index in [2.05, 4.69) is 0 Å². The van der Waals surface area contributed by atoms with Gasteiger partial charge in [0.2, 0.25) is 0 Å². The molecule has 0 radical (unpaired) electrons. The smallest absolute Gasteiger partial charge is 0.416 e. The summed E-state index contributed by atoms with van der Waals surface area (Å²) < 4.78 is 43.4. The lowest BCUT2D eigenvalue weighted by atomic mass is 10.1. The Balaban J connectivity index is 2.00. The van der Waals surface area contributed by atoms with Gasteiger partial charge in [-0.1, -0.05) is 0 Å². The highest BCUT2D eigenvalue weighted by molar-refractivity contribution is 5.65. The highest BCUT2D eigenvalue weighted by Crippen LogP contribution is 2.33. The van der Waals surface area contributed by atoms with E-state index in [9.17, 15) is 18.0 Å². The fourth-order valence-corrected chi connectivity index (χ4v) is 2.30. The molecule has 21 heavy (non-hydrogen) atoms. The Morgan fingerprint density at radius 2 is 1.95 bits per heavy atom. The molecule has 0 atom stereocenters. The first-order valence-electron chi connectivity index (χ1n) is 6.60. The number of piperidine rings is 1. The summed E-state index contributed by atoms with van der Waals surface area (Å²) in [5, 5.41) is 8.84. The Morgan fingerprint density at radius 1 is 1.33 bits per heavy atom. The van der Waals surface area contributed by atoms with Crippen LogP contribution >= 0.6 is 0 Å². The number of benzene rings is 1. The highest BCUT2D eigenvalue weighted by Gasteiger charge is 2.31. The predicted molar refractivity (Wildman–Crippen MR) is 69.4 cm³/mol. The SMILES string of the molecule is Cc1cc(C(F)(F)F)ccc1OC1CCN(C(=O)O)CC1. The number of likely N-dealkylation sites (tertiary alicyclic amines) is 1. The molecule has 0 aromatic heterocycles. The molecular formula is C14H16F3NO3. The number of rotatable bonds is 2. The Hall–Kier alpha value is -1.92. The third-order valence-electron chi connectivity index (χ3n) is 3.51. The molecule has 4 nitrogen and oxygen atoms in total. The van der Waals surface area contributed by atoms with Gasteiger partial charge in [0, 0.05) is 25.9 Å². The number of hydrogen-bond acceptors (Lipinski definition) is 2. The molecule has 1 aromatic carbocycles. The Morgan fingerprint density at radius 3 is 2.43 bits per heavy atom. The van der Waals surface area contributed by atoms with Gasteiger partial charge in [0.15, 0.2) is 0 Å². The summed E-state index contributed by atoms with van der Waals surface area (Å²) in [5.41, 5.74) is -0.279. The van der Waals surface area contributed by atoms with E-state index in [0.717, 1.165) is 12.1 Å². The summed E-state index contributed by atoms with van der Waals surface area (Å²) in [6.07, 6.45) is -4.43. The lowest BCUT2D eigenvalue weighted by Gasteiger charge is -2.30. The van der Waals surface area contributed by atoms with E-state index in [1.165, 1.54) is 11.0 Å². The van der Waals surface area contributed by atoms with Gasteiger partial charge in [0.1, 0.15) is 11.9 Å². The summed E-state index contributed by atoms with van der Waals surface area (Å²) in [5.74, 6) is 0.414. The highest BCUT2D eigenvalue weighted by atomic mass is 19.4. The minimum atomic E-state index is -4.36. The van der Waals surface area contributed by atoms with Crippen molar-refractivity contribution in [3.05, 3.63) is 29.3 Å². The molecule has 0 aliphatic carbocycles. The molecule has 1 heterocycles. The van der Waals surface area contributed by atoms with Gasteiger partial charge >= 0.3 is 12.3 Å². The molecule has 1 aliphatic heterocycles. The first kappa shape index (κ1) is 15.5. The van der Waals surface area contributed by atoms with Gasteiger partial charge in [-0.2, -0.15) is 13.2 Å². The minimum absolute atomic E-state index is 0.170. The number of ether oxygens (including phenoxy) is 1. The molecule has 0 spiro atoms. The number of carbonyl (C=O) groups is 1. The second-order valence-electron chi connectivity index (χ2n) is 5.06. The van der Waals surface area contributed by atoms with Crippen LogP contribution in [0.25, 0.3) is 0 Å². The Kier molecular flexibility index (Phi) is 4.29. The summed E-state index contributed by atoms with van der Waals surface area (Å²) in [6.45, 7) is 2.32. The van der Waals surface area contributed by atoms with Crippen molar-refractivity contribution in [2.24, 2.45) is 0 Å². The largest absolute Gasteiger partial charge is 0.490 e. The van der Waals surface area contributed by atoms with E-state index in [1.807, 2.05) is 0 Å². The maximum atomic E-state index is 12.6. The minimum Gasteiger partial charge on any atom is -0.490 e. The van der Waals surface area contributed by atoms with E-state index < -0.39 is 17.8 Å². The van der Waals surface area contributed by atoms with Crippen LogP contribution in [0.4, 0.5) is 18.0 Å². The van der Waals surface area contributed by atoms with Crippen LogP contribution in [-0.4, -0.2) is 35.3 Å². The summed E-state index contributed by atoms with van der Waals surface area (Å²) in [6, 6.07) is 3.37. The molecule has 1 aliphatic rings. The zero-order chi connectivity index (χ0) is 15.6. The van der Waals surface area contributed by atoms with Gasteiger partial charge in [0.05, 0.1) is 5.56 Å². The van der Waals surface area contributed by atoms with Crippen LogP contribution in [0.5, 0.6) is 5.75 Å². The van der Waals surface area contributed by atoms with Gasteiger partial charge in [-0.3, -0.25) is 0 Å². The quantitative estimate of drug-likeness (QED) is 0.909. The molecule has 0 saturated carbocycles. The molecule has 0 unspecified atom stereocenters. The van der Waals surface area contributed by atoms with Crippen molar-refractivity contribution in [2.45, 2.75) is 32.0 Å². The maximum absolute atomic E-state index is 12.6. The number of hydrogen-bond donors (Lipinski definition) is 1. The standard InChI is InChI=1S/C14H16F3NO3/c1-9-8-10(14(15,16)17)2-3-12(9)21-11-4-6-18(7-5-11)13(19)20/h2-3,8,11H,4-7H2,1H3,(H,19,20). The van der Waals surface area contributed by atoms with Crippen LogP contribution in [0.2, 0.25) is 0 Å². The van der Waals surface area contributed by atoms with Gasteiger partial charge in [0.25, 0.3) is 0 Å². The first-order chi connectivity index (χ1) is 9.77. The van der Waals surface area contributed by atoms with Crippen molar-refractivity contribution in [1.82, 2.24) is 4.90 Å². The normalized spacial score (nSPS) is 16.9. The molecule has 2 rings (SSSR count). The fraction of sp³-hybridized carbons (Fsp3) is 0.500. The van der Waals surface area contributed by atoms with Crippen LogP contribution in [0.1, 0.15) is 24.0 Å². The lowest BCUT2D eigenvalue weighted by Crippen LogP contribution is -2.41. The number of halogens is 3.